The molecule has 0 spiro atoms. The van der Waals surface area contributed by atoms with Crippen LogP contribution in [-0.2, 0) is 45.8 Å². The third-order valence-electron chi connectivity index (χ3n) is 8.78. The van der Waals surface area contributed by atoms with Crippen LogP contribution in [0, 0.1) is 6.92 Å². The lowest BCUT2D eigenvalue weighted by atomic mass is 10.0. The molecule has 6 nitrogen and oxygen atoms in total. The highest BCUT2D eigenvalue weighted by Gasteiger charge is 2.34. The third-order valence-corrected chi connectivity index (χ3v) is 10.2. The largest absolute Gasteiger partial charge is 0.481 e. The quantitative estimate of drug-likeness (QED) is 0.0920. The van der Waals surface area contributed by atoms with E-state index >= 15 is 0 Å². The molecule has 0 aliphatic carbocycles. The summed E-state index contributed by atoms with van der Waals surface area (Å²) in [5.74, 6) is -1.26. The summed E-state index contributed by atoms with van der Waals surface area (Å²) in [6.45, 7) is 2.46. The minimum absolute atomic E-state index is 0.192. The van der Waals surface area contributed by atoms with Gasteiger partial charge in [-0.3, -0.25) is 14.4 Å². The Balaban J connectivity index is 0.000000222. The van der Waals surface area contributed by atoms with Gasteiger partial charge in [0.05, 0.1) is 23.1 Å². The van der Waals surface area contributed by atoms with Crippen molar-refractivity contribution in [2.75, 3.05) is 16.8 Å². The number of aliphatic carboxylic acids is 1. The Morgan fingerprint density at radius 2 is 1.15 bits per heavy atom. The van der Waals surface area contributed by atoms with Crippen molar-refractivity contribution in [3.63, 3.8) is 0 Å². The molecule has 1 aliphatic heterocycles. The molecule has 2 N–H and O–H groups in total. The van der Waals surface area contributed by atoms with Crippen LogP contribution in [0.2, 0.25) is 0 Å². The maximum atomic E-state index is 13.5. The molecule has 2 unspecified atom stereocenters. The summed E-state index contributed by atoms with van der Waals surface area (Å²) in [5, 5.41) is 11.0. The molecule has 0 aromatic heterocycles. The molecule has 0 fully saturated rings. The Hall–Kier alpha value is -5.35. The number of amides is 1. The summed E-state index contributed by atoms with van der Waals surface area (Å²) < 4.78 is 112. The number of rotatable bonds is 8. The van der Waals surface area contributed by atoms with Gasteiger partial charge in [-0.2, -0.15) is 39.5 Å². The monoisotopic (exact) mass is 914 g/mol. The Bertz CT molecular complexity index is 2210. The van der Waals surface area contributed by atoms with E-state index in [-0.39, 0.29) is 12.3 Å². The molecule has 312 valence electrons. The summed E-state index contributed by atoms with van der Waals surface area (Å²) >= 11 is 8.15. The number of fused-ring (bicyclic) bond motifs is 1. The normalized spacial score (nSPS) is 13.5. The second-order valence-electron chi connectivity index (χ2n) is 12.9. The second kappa shape index (κ2) is 19.6. The highest BCUT2D eigenvalue weighted by atomic mass is 79.9. The van der Waals surface area contributed by atoms with Crippen molar-refractivity contribution < 1.29 is 59.0 Å². The number of hydrogen-bond donors (Lipinski definition) is 2. The highest BCUT2D eigenvalue weighted by molar-refractivity contribution is 9.09. The number of halogens is 11. The van der Waals surface area contributed by atoms with E-state index in [4.69, 9.17) is 16.7 Å². The summed E-state index contributed by atoms with van der Waals surface area (Å²) in [4.78, 5) is 35.4. The van der Waals surface area contributed by atoms with Gasteiger partial charge in [-0.25, -0.2) is 0 Å². The summed E-state index contributed by atoms with van der Waals surface area (Å²) in [7, 11) is 0. The smallest absolute Gasteiger partial charge is 0.416 e. The lowest BCUT2D eigenvalue weighted by Crippen LogP contribution is -2.37. The van der Waals surface area contributed by atoms with E-state index in [1.165, 1.54) is 24.3 Å². The van der Waals surface area contributed by atoms with Crippen molar-refractivity contribution in [3.05, 3.63) is 166 Å². The molecule has 59 heavy (non-hydrogen) atoms. The first kappa shape index (κ1) is 46.3. The van der Waals surface area contributed by atoms with E-state index in [9.17, 15) is 53.9 Å². The Labute approximate surface area is 345 Å². The number of benzene rings is 5. The second-order valence-corrected chi connectivity index (χ2v) is 14.2. The van der Waals surface area contributed by atoms with Crippen molar-refractivity contribution in [1.82, 2.24) is 0 Å². The predicted molar refractivity (Wildman–Crippen MR) is 208 cm³/mol. The van der Waals surface area contributed by atoms with Crippen molar-refractivity contribution in [3.8, 4) is 0 Å². The summed E-state index contributed by atoms with van der Waals surface area (Å²) in [6, 6.07) is 27.5. The summed E-state index contributed by atoms with van der Waals surface area (Å²) in [6.07, 6.45) is -12.7. The van der Waals surface area contributed by atoms with Gasteiger partial charge in [-0.05, 0) is 101 Å². The number of anilines is 2. The number of nitrogens with one attached hydrogen (secondary N) is 1. The standard InChI is InChI=1S/C24H21F3N2O.C9H5BrClF3O.C9H7F3O2/c1-16-6-2-4-8-20(16)28-22(18-10-12-19(13-11-18)24(25,26)27)23(30)29-15-14-17-7-3-5-9-21(17)29;10-7(8(11)15)5-1-3-6(4-2-5)9(12,13)14;10-9(11,12)7-3-1-6(2-4-7)5-8(13)14/h2-13,22,28H,14-15H2,1H3;1-4,7H;1-4H,5H2,(H,13,14). The van der Waals surface area contributed by atoms with Gasteiger partial charge in [0, 0.05) is 17.9 Å². The zero-order valence-corrected chi connectivity index (χ0v) is 32.9. The molecular weight excluding hydrogens is 883 g/mol. The van der Waals surface area contributed by atoms with Crippen molar-refractivity contribution in [1.29, 1.82) is 0 Å². The van der Waals surface area contributed by atoms with E-state index in [0.717, 1.165) is 77.5 Å². The average Bonchev–Trinajstić information content (AvgIpc) is 3.61. The Morgan fingerprint density at radius 1 is 0.695 bits per heavy atom. The number of alkyl halides is 10. The Morgan fingerprint density at radius 3 is 1.63 bits per heavy atom. The molecule has 0 radical (unpaired) electrons. The van der Waals surface area contributed by atoms with Crippen molar-refractivity contribution in [2.24, 2.45) is 0 Å². The zero-order valence-electron chi connectivity index (χ0n) is 30.6. The first-order valence-electron chi connectivity index (χ1n) is 17.3. The van der Waals surface area contributed by atoms with Crippen LogP contribution in [0.15, 0.2) is 121 Å². The number of nitrogens with zero attached hydrogens (tertiary/aromatic N) is 1. The molecule has 0 saturated carbocycles. The van der Waals surface area contributed by atoms with Crippen LogP contribution in [0.25, 0.3) is 0 Å². The third kappa shape index (κ3) is 13.1. The van der Waals surface area contributed by atoms with Crippen LogP contribution in [0.3, 0.4) is 0 Å². The molecular formula is C42H33BrClF9N2O4. The molecule has 0 bridgehead atoms. The lowest BCUT2D eigenvalue weighted by molar-refractivity contribution is -0.138. The number of para-hydroxylation sites is 2. The zero-order chi connectivity index (χ0) is 43.7. The van der Waals surface area contributed by atoms with Gasteiger partial charge in [0.25, 0.3) is 5.91 Å². The molecule has 6 rings (SSSR count). The molecule has 0 saturated heterocycles. The van der Waals surface area contributed by atoms with Gasteiger partial charge in [-0.1, -0.05) is 88.7 Å². The van der Waals surface area contributed by atoms with E-state index in [0.29, 0.717) is 23.2 Å². The number of carboxylic acid groups (broad SMARTS) is 1. The number of hydrogen-bond acceptors (Lipinski definition) is 4. The van der Waals surface area contributed by atoms with Gasteiger partial charge < -0.3 is 15.3 Å². The summed E-state index contributed by atoms with van der Waals surface area (Å²) in [5.41, 5.74) is 2.62. The molecule has 2 atom stereocenters. The maximum Gasteiger partial charge on any atom is 0.416 e. The van der Waals surface area contributed by atoms with Gasteiger partial charge >= 0.3 is 24.5 Å². The van der Waals surface area contributed by atoms with Gasteiger partial charge in [0.15, 0.2) is 0 Å². The van der Waals surface area contributed by atoms with Crippen LogP contribution in [0.1, 0.15) is 55.4 Å². The predicted octanol–water partition coefficient (Wildman–Crippen LogP) is 12.0. The fourth-order valence-corrected chi connectivity index (χ4v) is 6.16. The topological polar surface area (TPSA) is 86.7 Å². The highest BCUT2D eigenvalue weighted by Crippen LogP contribution is 2.35. The molecule has 1 amide bonds. The number of carbonyl (C=O) groups excluding carboxylic acids is 2. The van der Waals surface area contributed by atoms with Gasteiger partial charge in [0.2, 0.25) is 5.24 Å². The number of aryl methyl sites for hydroxylation is 1. The fraction of sp³-hybridized carbons (Fsp3) is 0.214. The fourth-order valence-electron chi connectivity index (χ4n) is 5.72. The number of carboxylic acids is 1. The molecule has 17 heteroatoms. The first-order chi connectivity index (χ1) is 27.6. The van der Waals surface area contributed by atoms with Crippen LogP contribution >= 0.6 is 27.5 Å². The Kier molecular flexibility index (Phi) is 15.4. The van der Waals surface area contributed by atoms with Gasteiger partial charge in [0.1, 0.15) is 10.9 Å². The minimum Gasteiger partial charge on any atom is -0.481 e. The molecule has 1 aliphatic rings. The van der Waals surface area contributed by atoms with Gasteiger partial charge in [-0.15, -0.1) is 0 Å². The lowest BCUT2D eigenvalue weighted by Gasteiger charge is -2.27. The van der Waals surface area contributed by atoms with Crippen molar-refractivity contribution in [2.45, 2.75) is 49.2 Å². The van der Waals surface area contributed by atoms with Crippen LogP contribution in [-0.4, -0.2) is 28.8 Å². The molecule has 5 aromatic carbocycles. The molecule has 5 aromatic rings. The van der Waals surface area contributed by atoms with E-state index in [2.05, 4.69) is 21.2 Å². The average molecular weight is 916 g/mol. The van der Waals surface area contributed by atoms with Crippen molar-refractivity contribution >= 4 is 56.0 Å². The SMILES string of the molecule is Cc1ccccc1NC(C(=O)N1CCc2ccccc21)c1ccc(C(F)(F)F)cc1.O=C(Cl)C(Br)c1ccc(C(F)(F)F)cc1.O=C(O)Cc1ccc(C(F)(F)F)cc1. The number of carbonyl (C=O) groups is 3. The molecule has 1 heterocycles. The van der Waals surface area contributed by atoms with E-state index in [1.54, 1.807) is 4.90 Å². The van der Waals surface area contributed by atoms with Crippen LogP contribution in [0.5, 0.6) is 0 Å². The first-order valence-corrected chi connectivity index (χ1v) is 18.6. The van der Waals surface area contributed by atoms with E-state index < -0.39 is 57.3 Å². The maximum absolute atomic E-state index is 13.5. The van der Waals surface area contributed by atoms with Crippen LogP contribution in [0.4, 0.5) is 50.9 Å². The minimum atomic E-state index is -4.42. The van der Waals surface area contributed by atoms with Crippen LogP contribution < -0.4 is 10.2 Å². The van der Waals surface area contributed by atoms with E-state index in [1.807, 2.05) is 55.5 Å².